The summed E-state index contributed by atoms with van der Waals surface area (Å²) in [5, 5.41) is 9.20. The highest BCUT2D eigenvalue weighted by molar-refractivity contribution is 7.19. The van der Waals surface area contributed by atoms with Crippen molar-refractivity contribution in [2.24, 2.45) is 0 Å². The Morgan fingerprint density at radius 2 is 2.00 bits per heavy atom. The third-order valence-electron chi connectivity index (χ3n) is 6.97. The van der Waals surface area contributed by atoms with E-state index in [0.29, 0.717) is 10.2 Å². The van der Waals surface area contributed by atoms with Gasteiger partial charge in [0.15, 0.2) is 5.13 Å². The van der Waals surface area contributed by atoms with Crippen LogP contribution in [0.15, 0.2) is 42.7 Å². The maximum absolute atomic E-state index is 11.7. The highest BCUT2D eigenvalue weighted by atomic mass is 35.5. The Morgan fingerprint density at radius 1 is 1.16 bits per heavy atom. The number of anilines is 1. The number of thiazole rings is 1. The number of nitrogens with zero attached hydrogens (tertiary/aromatic N) is 6. The Bertz CT molecular complexity index is 1460. The molecule has 1 amide bonds. The Kier molecular flexibility index (Phi) is 6.54. The molecule has 0 atom stereocenters. The van der Waals surface area contributed by atoms with Crippen LogP contribution < -0.4 is 5.32 Å². The summed E-state index contributed by atoms with van der Waals surface area (Å²) >= 11 is 8.42. The lowest BCUT2D eigenvalue weighted by Gasteiger charge is -2.32. The molecule has 37 heavy (non-hydrogen) atoms. The van der Waals surface area contributed by atoms with Crippen LogP contribution in [0.3, 0.4) is 0 Å². The Labute approximate surface area is 224 Å². The van der Waals surface area contributed by atoms with Crippen LogP contribution in [-0.2, 0) is 24.2 Å². The van der Waals surface area contributed by atoms with Gasteiger partial charge in [0.2, 0.25) is 5.91 Å². The van der Waals surface area contributed by atoms with Gasteiger partial charge in [-0.25, -0.2) is 9.67 Å². The smallest absolute Gasteiger partial charge is 0.223 e. The number of rotatable bonds is 5. The van der Waals surface area contributed by atoms with Gasteiger partial charge in [0, 0.05) is 63.2 Å². The van der Waals surface area contributed by atoms with Crippen molar-refractivity contribution < 1.29 is 4.79 Å². The summed E-state index contributed by atoms with van der Waals surface area (Å²) in [6.45, 7) is 6.66. The van der Waals surface area contributed by atoms with Gasteiger partial charge in [-0.05, 0) is 49.7 Å². The van der Waals surface area contributed by atoms with E-state index in [9.17, 15) is 4.79 Å². The summed E-state index contributed by atoms with van der Waals surface area (Å²) in [4.78, 5) is 26.6. The van der Waals surface area contributed by atoms with Crippen molar-refractivity contribution >= 4 is 34.0 Å². The van der Waals surface area contributed by atoms with E-state index in [4.69, 9.17) is 21.7 Å². The van der Waals surface area contributed by atoms with Crippen LogP contribution in [0.1, 0.15) is 23.7 Å². The zero-order valence-electron chi connectivity index (χ0n) is 20.9. The number of carbonyl (C=O) groups excluding carboxylic acids is 1. The van der Waals surface area contributed by atoms with Gasteiger partial charge in [0.25, 0.3) is 0 Å². The highest BCUT2D eigenvalue weighted by Gasteiger charge is 2.30. The molecule has 1 saturated heterocycles. The van der Waals surface area contributed by atoms with Gasteiger partial charge in [0.05, 0.1) is 32.7 Å². The minimum atomic E-state index is -0.130. The average Bonchev–Trinajstić information content (AvgIpc) is 3.47. The molecule has 190 valence electrons. The standard InChI is InChI=1S/C27H28ClN7OS/c1-17(36)30-27-31-22-7-6-20-24(19-4-3-9-29-15-19)32-35(25(20)26(22)37-27)23-8-5-18(14-21(23)28)16-34-12-10-33(2)11-13-34/h3-5,8-9,14-15H,6-7,10-13,16H2,1-2H3,(H,30,31,36). The van der Waals surface area contributed by atoms with Gasteiger partial charge >= 0.3 is 0 Å². The van der Waals surface area contributed by atoms with Crippen LogP contribution in [-0.4, -0.2) is 68.7 Å². The fraction of sp³-hybridized carbons (Fsp3) is 0.333. The number of hydrogen-bond acceptors (Lipinski definition) is 7. The molecule has 1 aromatic carbocycles. The molecule has 1 fully saturated rings. The molecule has 0 spiro atoms. The van der Waals surface area contributed by atoms with Gasteiger partial charge in [-0.1, -0.05) is 29.0 Å². The molecule has 0 saturated carbocycles. The van der Waals surface area contributed by atoms with Gasteiger partial charge in [-0.15, -0.1) is 0 Å². The predicted octanol–water partition coefficient (Wildman–Crippen LogP) is 4.52. The van der Waals surface area contributed by atoms with Crippen molar-refractivity contribution in [2.75, 3.05) is 38.5 Å². The van der Waals surface area contributed by atoms with E-state index >= 15 is 0 Å². The average molecular weight is 534 g/mol. The second-order valence-corrected chi connectivity index (χ2v) is 11.1. The van der Waals surface area contributed by atoms with Gasteiger partial charge in [-0.3, -0.25) is 14.7 Å². The van der Waals surface area contributed by atoms with E-state index < -0.39 is 0 Å². The highest BCUT2D eigenvalue weighted by Crippen LogP contribution is 2.44. The monoisotopic (exact) mass is 533 g/mol. The van der Waals surface area contributed by atoms with Crippen LogP contribution in [0.2, 0.25) is 5.02 Å². The fourth-order valence-electron chi connectivity index (χ4n) is 5.07. The lowest BCUT2D eigenvalue weighted by Crippen LogP contribution is -2.43. The molecule has 10 heteroatoms. The molecule has 1 aliphatic heterocycles. The first-order chi connectivity index (χ1) is 18.0. The number of aryl methyl sites for hydroxylation is 1. The number of nitrogens with one attached hydrogen (secondary N) is 1. The third kappa shape index (κ3) is 4.80. The van der Waals surface area contributed by atoms with E-state index in [1.165, 1.54) is 23.8 Å². The second-order valence-electron chi connectivity index (χ2n) is 9.67. The number of fused-ring (bicyclic) bond motifs is 3. The molecule has 0 unspecified atom stereocenters. The Morgan fingerprint density at radius 3 is 2.73 bits per heavy atom. The summed E-state index contributed by atoms with van der Waals surface area (Å²) in [6.07, 6.45) is 5.20. The summed E-state index contributed by atoms with van der Waals surface area (Å²) < 4.78 is 1.95. The molecule has 8 nitrogen and oxygen atoms in total. The predicted molar refractivity (Wildman–Crippen MR) is 147 cm³/mol. The number of piperazine rings is 1. The van der Waals surface area contributed by atoms with Crippen LogP contribution in [0.4, 0.5) is 5.13 Å². The van der Waals surface area contributed by atoms with Crippen molar-refractivity contribution in [3.05, 3.63) is 64.6 Å². The quantitative estimate of drug-likeness (QED) is 0.406. The summed E-state index contributed by atoms with van der Waals surface area (Å²) in [6, 6.07) is 10.2. The van der Waals surface area contributed by atoms with Crippen molar-refractivity contribution in [2.45, 2.75) is 26.3 Å². The lowest BCUT2D eigenvalue weighted by molar-refractivity contribution is -0.114. The summed E-state index contributed by atoms with van der Waals surface area (Å²) in [5.41, 5.74) is 7.01. The molecular formula is C27H28ClN7OS. The van der Waals surface area contributed by atoms with Gasteiger partial charge in [0.1, 0.15) is 0 Å². The van der Waals surface area contributed by atoms with Crippen LogP contribution >= 0.6 is 22.9 Å². The zero-order valence-corrected chi connectivity index (χ0v) is 22.4. The molecule has 2 aliphatic rings. The van der Waals surface area contributed by atoms with Crippen molar-refractivity contribution in [1.29, 1.82) is 0 Å². The number of aromatic nitrogens is 4. The van der Waals surface area contributed by atoms with E-state index in [1.807, 2.05) is 23.0 Å². The number of benzene rings is 1. The number of hydrogen-bond donors (Lipinski definition) is 1. The molecule has 4 aromatic rings. The summed E-state index contributed by atoms with van der Waals surface area (Å²) in [5.74, 6) is -0.130. The van der Waals surface area contributed by atoms with E-state index in [2.05, 4.69) is 45.3 Å². The zero-order chi connectivity index (χ0) is 25.5. The molecule has 6 rings (SSSR count). The normalized spacial score (nSPS) is 15.9. The molecule has 1 aliphatic carbocycles. The van der Waals surface area contributed by atoms with Crippen LogP contribution in [0, 0.1) is 0 Å². The van der Waals surface area contributed by atoms with Crippen molar-refractivity contribution in [1.82, 2.24) is 29.5 Å². The minimum absolute atomic E-state index is 0.130. The topological polar surface area (TPSA) is 79.2 Å². The van der Waals surface area contributed by atoms with E-state index in [0.717, 1.165) is 84.3 Å². The molecule has 4 heterocycles. The number of halogens is 1. The molecule has 0 radical (unpaired) electrons. The number of likely N-dealkylation sites (N-methyl/N-ethyl adjacent to an activating group) is 1. The number of carbonyl (C=O) groups is 1. The van der Waals surface area contributed by atoms with E-state index in [1.54, 1.807) is 6.20 Å². The molecule has 1 N–H and O–H groups in total. The molecular weight excluding hydrogens is 506 g/mol. The van der Waals surface area contributed by atoms with Gasteiger partial charge < -0.3 is 10.2 Å². The van der Waals surface area contributed by atoms with Gasteiger partial charge in [-0.2, -0.15) is 5.10 Å². The molecule has 0 bridgehead atoms. The first-order valence-corrected chi connectivity index (χ1v) is 13.7. The molecule has 3 aromatic heterocycles. The number of amides is 1. The number of pyridine rings is 1. The second kappa shape index (κ2) is 9.98. The summed E-state index contributed by atoms with van der Waals surface area (Å²) in [7, 11) is 2.17. The third-order valence-corrected chi connectivity index (χ3v) is 8.29. The van der Waals surface area contributed by atoms with Crippen molar-refractivity contribution in [3.8, 4) is 27.5 Å². The Hall–Kier alpha value is -3.11. The SMILES string of the molecule is CC(=O)Nc1nc2c(s1)-c1c(c(-c3cccnc3)nn1-c1ccc(CN3CCN(C)CC3)cc1Cl)CC2. The van der Waals surface area contributed by atoms with Crippen LogP contribution in [0.25, 0.3) is 27.5 Å². The van der Waals surface area contributed by atoms with Crippen LogP contribution in [0.5, 0.6) is 0 Å². The fourth-order valence-corrected chi connectivity index (χ4v) is 6.47. The lowest BCUT2D eigenvalue weighted by atomic mass is 9.95. The van der Waals surface area contributed by atoms with Crippen molar-refractivity contribution in [3.63, 3.8) is 0 Å². The first-order valence-electron chi connectivity index (χ1n) is 12.5. The largest absolute Gasteiger partial charge is 0.304 e. The maximum Gasteiger partial charge on any atom is 0.223 e. The maximum atomic E-state index is 11.7. The Balaban J connectivity index is 1.42. The first kappa shape index (κ1) is 24.2. The van der Waals surface area contributed by atoms with E-state index in [-0.39, 0.29) is 5.91 Å². The minimum Gasteiger partial charge on any atom is -0.304 e.